The Hall–Kier alpha value is -0.313. The van der Waals surface area contributed by atoms with Crippen molar-refractivity contribution in [3.05, 3.63) is 0 Å². The van der Waals surface area contributed by atoms with E-state index in [0.717, 1.165) is 6.42 Å². The molecule has 0 saturated heterocycles. The summed E-state index contributed by atoms with van der Waals surface area (Å²) in [6, 6.07) is 1.17. The van der Waals surface area contributed by atoms with Crippen LogP contribution < -0.4 is 0 Å². The first kappa shape index (κ1) is 7.69. The molecule has 2 nitrogen and oxygen atoms in total. The minimum atomic E-state index is -0.660. The van der Waals surface area contributed by atoms with E-state index in [2.05, 4.69) is 6.55 Å². The van der Waals surface area contributed by atoms with Gasteiger partial charge in [0.15, 0.2) is 0 Å². The summed E-state index contributed by atoms with van der Waals surface area (Å²) in [6.07, 6.45) is 1.25. The molecular weight excluding hydrogens is 120 g/mol. The van der Waals surface area contributed by atoms with Gasteiger partial charge < -0.3 is 5.11 Å². The van der Waals surface area contributed by atoms with Gasteiger partial charge in [-0.3, -0.25) is 4.79 Å². The molecule has 0 unspecified atom stereocenters. The van der Waals surface area contributed by atoms with E-state index in [0.29, 0.717) is 6.42 Å². The van der Waals surface area contributed by atoms with E-state index in [1.54, 1.807) is 0 Å². The van der Waals surface area contributed by atoms with Crippen molar-refractivity contribution >= 4 is 15.5 Å². The van der Waals surface area contributed by atoms with Gasteiger partial charge in [0.1, 0.15) is 0 Å². The Morgan fingerprint density at radius 3 is 2.75 bits per heavy atom. The highest BCUT2D eigenvalue weighted by molar-refractivity contribution is 6.33. The van der Waals surface area contributed by atoms with E-state index in [1.165, 1.54) is 6.04 Å². The van der Waals surface area contributed by atoms with E-state index < -0.39 is 5.97 Å². The number of aliphatic carboxylic acids is 1. The molecule has 48 valence electrons. The third kappa shape index (κ3) is 5.69. The summed E-state index contributed by atoms with van der Waals surface area (Å²) in [5.41, 5.74) is 0. The van der Waals surface area contributed by atoms with Crippen LogP contribution in [0.4, 0.5) is 0 Å². The Bertz CT molecular complexity index is 72.8. The van der Waals surface area contributed by atoms with Crippen LogP contribution >= 0.6 is 0 Å². The molecule has 0 amide bonds. The first-order valence-corrected chi connectivity index (χ1v) is 5.40. The smallest absolute Gasteiger partial charge is 0.303 e. The first-order chi connectivity index (χ1) is 3.77. The molecule has 0 aliphatic carbocycles. The summed E-state index contributed by atoms with van der Waals surface area (Å²) in [6.45, 7) is 2.20. The average Bonchev–Trinajstić information content (AvgIpc) is 1.66. The maximum Gasteiger partial charge on any atom is 0.303 e. The summed E-state index contributed by atoms with van der Waals surface area (Å²) < 4.78 is 0. The van der Waals surface area contributed by atoms with Gasteiger partial charge in [-0.05, 0) is 6.42 Å². The minimum Gasteiger partial charge on any atom is -0.481 e. The highest BCUT2D eigenvalue weighted by Crippen LogP contribution is 1.93. The van der Waals surface area contributed by atoms with E-state index in [1.807, 2.05) is 0 Å². The molecule has 0 bridgehead atoms. The van der Waals surface area contributed by atoms with Crippen molar-refractivity contribution in [3.63, 3.8) is 0 Å². The molecule has 0 spiro atoms. The van der Waals surface area contributed by atoms with Crippen LogP contribution in [0.1, 0.15) is 12.8 Å². The summed E-state index contributed by atoms with van der Waals surface area (Å²) in [4.78, 5) is 9.89. The molecule has 0 saturated carbocycles. The second-order valence-electron chi connectivity index (χ2n) is 1.85. The largest absolute Gasteiger partial charge is 0.481 e. The fourth-order valence-corrected chi connectivity index (χ4v) is 1.28. The monoisotopic (exact) mass is 132 g/mol. The van der Waals surface area contributed by atoms with Crippen molar-refractivity contribution in [1.82, 2.24) is 0 Å². The maximum atomic E-state index is 9.89. The Kier molecular flexibility index (Phi) is 4.65. The van der Waals surface area contributed by atoms with E-state index >= 15 is 0 Å². The number of rotatable bonds is 4. The molecule has 0 rings (SSSR count). The van der Waals surface area contributed by atoms with Crippen molar-refractivity contribution < 1.29 is 9.90 Å². The van der Waals surface area contributed by atoms with Crippen molar-refractivity contribution in [1.29, 1.82) is 0 Å². The quantitative estimate of drug-likeness (QED) is 0.446. The van der Waals surface area contributed by atoms with Gasteiger partial charge in [-0.15, -0.1) is 0 Å². The van der Waals surface area contributed by atoms with Crippen LogP contribution in [-0.2, 0) is 4.79 Å². The van der Waals surface area contributed by atoms with Gasteiger partial charge in [0.2, 0.25) is 0 Å². The van der Waals surface area contributed by atoms with Gasteiger partial charge in [0, 0.05) is 15.9 Å². The molecule has 0 aromatic carbocycles. The lowest BCUT2D eigenvalue weighted by Crippen LogP contribution is -1.94. The molecule has 0 heterocycles. The average molecular weight is 132 g/mol. The van der Waals surface area contributed by atoms with Crippen molar-refractivity contribution in [2.45, 2.75) is 25.4 Å². The molecule has 3 heteroatoms. The second kappa shape index (κ2) is 4.84. The Labute approximate surface area is 51.7 Å². The van der Waals surface area contributed by atoms with Gasteiger partial charge in [-0.1, -0.05) is 12.6 Å². The standard InChI is InChI=1S/C5H12O2Si/c1-8-4-2-3-5(6)7/h2-4,8H2,1H3,(H,6,7). The molecule has 0 aliphatic heterocycles. The third-order valence-corrected chi connectivity index (χ3v) is 2.20. The zero-order valence-electron chi connectivity index (χ0n) is 5.18. The molecule has 1 N–H and O–H groups in total. The van der Waals surface area contributed by atoms with E-state index in [9.17, 15) is 4.79 Å². The molecule has 8 heavy (non-hydrogen) atoms. The number of carboxylic acids is 1. The van der Waals surface area contributed by atoms with Gasteiger partial charge in [0.25, 0.3) is 0 Å². The topological polar surface area (TPSA) is 37.3 Å². The van der Waals surface area contributed by atoms with Crippen LogP contribution in [0.25, 0.3) is 0 Å². The van der Waals surface area contributed by atoms with Crippen molar-refractivity contribution in [2.24, 2.45) is 0 Å². The van der Waals surface area contributed by atoms with Gasteiger partial charge in [0.05, 0.1) is 0 Å². The number of carboxylic acid groups (broad SMARTS) is 1. The fraction of sp³-hybridized carbons (Fsp3) is 0.800. The lowest BCUT2D eigenvalue weighted by molar-refractivity contribution is -0.137. The maximum absolute atomic E-state index is 9.89. The Morgan fingerprint density at radius 2 is 2.38 bits per heavy atom. The van der Waals surface area contributed by atoms with Crippen LogP contribution in [0.15, 0.2) is 0 Å². The number of hydrogen-bond acceptors (Lipinski definition) is 1. The van der Waals surface area contributed by atoms with Crippen molar-refractivity contribution in [3.8, 4) is 0 Å². The molecule has 0 aliphatic rings. The summed E-state index contributed by atoms with van der Waals surface area (Å²) in [5, 5.41) is 8.16. The van der Waals surface area contributed by atoms with E-state index in [4.69, 9.17) is 5.11 Å². The zero-order valence-corrected chi connectivity index (χ0v) is 6.60. The lowest BCUT2D eigenvalue weighted by Gasteiger charge is -1.89. The lowest BCUT2D eigenvalue weighted by atomic mass is 10.3. The highest BCUT2D eigenvalue weighted by Gasteiger charge is 1.92. The van der Waals surface area contributed by atoms with Crippen LogP contribution in [0.5, 0.6) is 0 Å². The fourth-order valence-electron chi connectivity index (χ4n) is 0.526. The third-order valence-electron chi connectivity index (χ3n) is 0.994. The van der Waals surface area contributed by atoms with Gasteiger partial charge in [-0.2, -0.15) is 0 Å². The molecule has 0 fully saturated rings. The SMILES string of the molecule is C[SiH2]CCCC(=O)O. The second-order valence-corrected chi connectivity index (χ2v) is 3.56. The van der Waals surface area contributed by atoms with E-state index in [-0.39, 0.29) is 9.52 Å². The van der Waals surface area contributed by atoms with Crippen LogP contribution in [-0.4, -0.2) is 20.6 Å². The predicted molar refractivity (Wildman–Crippen MR) is 36.1 cm³/mol. The van der Waals surface area contributed by atoms with Crippen molar-refractivity contribution in [2.75, 3.05) is 0 Å². The molecular formula is C5H12O2Si. The van der Waals surface area contributed by atoms with Crippen LogP contribution in [0, 0.1) is 0 Å². The summed E-state index contributed by atoms with van der Waals surface area (Å²) in [5.74, 6) is -0.660. The first-order valence-electron chi connectivity index (χ1n) is 2.99. The summed E-state index contributed by atoms with van der Waals surface area (Å²) in [7, 11) is 0.108. The number of hydrogen-bond donors (Lipinski definition) is 1. The normalized spacial score (nSPS) is 10.6. The Balaban J connectivity index is 2.82. The number of carbonyl (C=O) groups is 1. The summed E-state index contributed by atoms with van der Waals surface area (Å²) >= 11 is 0. The van der Waals surface area contributed by atoms with Crippen LogP contribution in [0.2, 0.25) is 12.6 Å². The zero-order chi connectivity index (χ0) is 6.41. The minimum absolute atomic E-state index is 0.108. The molecule has 0 radical (unpaired) electrons. The molecule has 0 aromatic heterocycles. The molecule has 0 aromatic rings. The molecule has 0 atom stereocenters. The van der Waals surface area contributed by atoms with Crippen LogP contribution in [0.3, 0.4) is 0 Å². The van der Waals surface area contributed by atoms with Gasteiger partial charge in [-0.25, -0.2) is 0 Å². The highest BCUT2D eigenvalue weighted by atomic mass is 28.2. The Morgan fingerprint density at radius 1 is 1.75 bits per heavy atom. The predicted octanol–water partition coefficient (Wildman–Crippen LogP) is 0.486. The van der Waals surface area contributed by atoms with Gasteiger partial charge >= 0.3 is 5.97 Å².